The highest BCUT2D eigenvalue weighted by molar-refractivity contribution is 7.05. The fourth-order valence-corrected chi connectivity index (χ4v) is 3.39. The van der Waals surface area contributed by atoms with Crippen molar-refractivity contribution in [1.29, 1.82) is 0 Å². The standard InChI is InChI=1S/C17H27N3O3S/c1-6-13-10-14(19-24-13)15(21)18-12-7-8-20(11(2)9-12)16(22)23-17(3,4)5/h10-12H,6-9H2,1-5H3,(H,18,21). The Hall–Kier alpha value is -1.63. The van der Waals surface area contributed by atoms with Gasteiger partial charge in [0, 0.05) is 23.5 Å². The molecule has 1 saturated heterocycles. The van der Waals surface area contributed by atoms with E-state index >= 15 is 0 Å². The molecule has 0 bridgehead atoms. The van der Waals surface area contributed by atoms with Crippen molar-refractivity contribution in [3.63, 3.8) is 0 Å². The Balaban J connectivity index is 1.88. The molecule has 2 unspecified atom stereocenters. The molecule has 0 spiro atoms. The summed E-state index contributed by atoms with van der Waals surface area (Å²) in [7, 11) is 0. The molecule has 6 nitrogen and oxygen atoms in total. The smallest absolute Gasteiger partial charge is 0.410 e. The highest BCUT2D eigenvalue weighted by atomic mass is 32.1. The minimum Gasteiger partial charge on any atom is -0.444 e. The summed E-state index contributed by atoms with van der Waals surface area (Å²) in [4.78, 5) is 27.3. The number of amides is 2. The van der Waals surface area contributed by atoms with Crippen LogP contribution in [0.4, 0.5) is 4.79 Å². The van der Waals surface area contributed by atoms with Crippen molar-refractivity contribution in [2.75, 3.05) is 6.54 Å². The largest absolute Gasteiger partial charge is 0.444 e. The van der Waals surface area contributed by atoms with Gasteiger partial charge in [-0.2, -0.15) is 4.37 Å². The summed E-state index contributed by atoms with van der Waals surface area (Å²) >= 11 is 1.37. The van der Waals surface area contributed by atoms with Crippen LogP contribution in [0.1, 0.15) is 62.8 Å². The van der Waals surface area contributed by atoms with Gasteiger partial charge in [-0.05, 0) is 64.6 Å². The predicted molar refractivity (Wildman–Crippen MR) is 94.4 cm³/mol. The molecule has 1 N–H and O–H groups in total. The zero-order chi connectivity index (χ0) is 17.9. The number of likely N-dealkylation sites (tertiary alicyclic amines) is 1. The number of nitrogens with one attached hydrogen (secondary N) is 1. The van der Waals surface area contributed by atoms with Crippen LogP contribution in [0.2, 0.25) is 0 Å². The van der Waals surface area contributed by atoms with Gasteiger partial charge in [0.2, 0.25) is 0 Å². The first-order valence-corrected chi connectivity index (χ1v) is 9.23. The van der Waals surface area contributed by atoms with E-state index in [-0.39, 0.29) is 24.1 Å². The van der Waals surface area contributed by atoms with Crippen molar-refractivity contribution in [3.05, 3.63) is 16.6 Å². The lowest BCUT2D eigenvalue weighted by Crippen LogP contribution is -2.52. The Bertz CT molecular complexity index is 594. The lowest BCUT2D eigenvalue weighted by molar-refractivity contribution is 0.00960. The molecule has 1 fully saturated rings. The number of ether oxygens (including phenoxy) is 1. The highest BCUT2D eigenvalue weighted by Gasteiger charge is 2.32. The molecule has 0 aromatic carbocycles. The van der Waals surface area contributed by atoms with Crippen molar-refractivity contribution in [3.8, 4) is 0 Å². The minimum absolute atomic E-state index is 0.0283. The minimum atomic E-state index is -0.497. The van der Waals surface area contributed by atoms with Crippen molar-refractivity contribution < 1.29 is 14.3 Å². The van der Waals surface area contributed by atoms with Gasteiger partial charge >= 0.3 is 6.09 Å². The molecule has 2 atom stereocenters. The average molecular weight is 353 g/mol. The van der Waals surface area contributed by atoms with E-state index in [2.05, 4.69) is 9.69 Å². The number of aryl methyl sites for hydroxylation is 1. The van der Waals surface area contributed by atoms with Crippen LogP contribution in [-0.4, -0.2) is 45.5 Å². The van der Waals surface area contributed by atoms with Gasteiger partial charge in [-0.3, -0.25) is 4.79 Å². The summed E-state index contributed by atoms with van der Waals surface area (Å²) < 4.78 is 9.64. The fraction of sp³-hybridized carbons (Fsp3) is 0.706. The van der Waals surface area contributed by atoms with Gasteiger partial charge in [-0.15, -0.1) is 0 Å². The zero-order valence-electron chi connectivity index (χ0n) is 15.1. The van der Waals surface area contributed by atoms with Crippen LogP contribution in [0, 0.1) is 0 Å². The second-order valence-corrected chi connectivity index (χ2v) is 8.14. The summed E-state index contributed by atoms with van der Waals surface area (Å²) in [6.45, 7) is 10.2. The lowest BCUT2D eigenvalue weighted by Gasteiger charge is -2.38. The van der Waals surface area contributed by atoms with Crippen LogP contribution in [0.5, 0.6) is 0 Å². The Morgan fingerprint density at radius 1 is 1.46 bits per heavy atom. The molecular weight excluding hydrogens is 326 g/mol. The molecule has 24 heavy (non-hydrogen) atoms. The molecule has 1 aromatic rings. The number of hydrogen-bond donors (Lipinski definition) is 1. The molecule has 2 heterocycles. The van der Waals surface area contributed by atoms with Crippen LogP contribution < -0.4 is 5.32 Å². The number of hydrogen-bond acceptors (Lipinski definition) is 5. The Morgan fingerprint density at radius 2 is 2.17 bits per heavy atom. The molecule has 0 saturated carbocycles. The van der Waals surface area contributed by atoms with E-state index in [1.165, 1.54) is 11.5 Å². The van der Waals surface area contributed by atoms with E-state index in [0.717, 1.165) is 24.1 Å². The van der Waals surface area contributed by atoms with E-state index < -0.39 is 5.60 Å². The second kappa shape index (κ2) is 7.51. The monoisotopic (exact) mass is 353 g/mol. The fourth-order valence-electron chi connectivity index (χ4n) is 2.74. The molecule has 0 radical (unpaired) electrons. The number of carbonyl (C=O) groups excluding carboxylic acids is 2. The predicted octanol–water partition coefficient (Wildman–Crippen LogP) is 3.22. The maximum Gasteiger partial charge on any atom is 0.410 e. The van der Waals surface area contributed by atoms with Gasteiger partial charge in [0.25, 0.3) is 5.91 Å². The number of aromatic nitrogens is 1. The van der Waals surface area contributed by atoms with Crippen molar-refractivity contribution in [2.45, 2.75) is 71.6 Å². The SMILES string of the molecule is CCc1cc(C(=O)NC2CCN(C(=O)OC(C)(C)C)C(C)C2)ns1. The topological polar surface area (TPSA) is 71.5 Å². The van der Waals surface area contributed by atoms with Gasteiger partial charge in [0.05, 0.1) is 0 Å². The Morgan fingerprint density at radius 3 is 2.71 bits per heavy atom. The van der Waals surface area contributed by atoms with Crippen LogP contribution in [0.3, 0.4) is 0 Å². The van der Waals surface area contributed by atoms with Crippen molar-refractivity contribution >= 4 is 23.5 Å². The quantitative estimate of drug-likeness (QED) is 0.906. The molecule has 1 aliphatic heterocycles. The molecule has 1 aromatic heterocycles. The van der Waals surface area contributed by atoms with E-state index in [1.54, 1.807) is 4.90 Å². The Kier molecular flexibility index (Phi) is 5.85. The van der Waals surface area contributed by atoms with Gasteiger partial charge in [0.15, 0.2) is 0 Å². The summed E-state index contributed by atoms with van der Waals surface area (Å²) in [5.41, 5.74) is -0.0113. The van der Waals surface area contributed by atoms with Crippen LogP contribution in [0.15, 0.2) is 6.07 Å². The number of piperidine rings is 1. The molecule has 2 amide bonds. The molecule has 0 aliphatic carbocycles. The maximum atomic E-state index is 12.3. The highest BCUT2D eigenvalue weighted by Crippen LogP contribution is 2.21. The summed E-state index contributed by atoms with van der Waals surface area (Å²) in [5, 5.41) is 3.04. The second-order valence-electron chi connectivity index (χ2n) is 7.25. The number of rotatable bonds is 3. The van der Waals surface area contributed by atoms with E-state index in [4.69, 9.17) is 4.74 Å². The normalized spacial score (nSPS) is 21.5. The Labute approximate surface area is 147 Å². The number of carbonyl (C=O) groups is 2. The zero-order valence-corrected chi connectivity index (χ0v) is 15.9. The first-order valence-electron chi connectivity index (χ1n) is 8.45. The van der Waals surface area contributed by atoms with Gasteiger partial charge in [0.1, 0.15) is 11.3 Å². The molecular formula is C17H27N3O3S. The first-order chi connectivity index (χ1) is 11.2. The summed E-state index contributed by atoms with van der Waals surface area (Å²) in [6.07, 6.45) is 2.04. The van der Waals surface area contributed by atoms with Crippen LogP contribution >= 0.6 is 11.5 Å². The van der Waals surface area contributed by atoms with Crippen LogP contribution in [0.25, 0.3) is 0 Å². The van der Waals surface area contributed by atoms with Gasteiger partial charge < -0.3 is 15.0 Å². The summed E-state index contributed by atoms with van der Waals surface area (Å²) in [6, 6.07) is 1.93. The third kappa shape index (κ3) is 4.93. The molecule has 1 aliphatic rings. The average Bonchev–Trinajstić information content (AvgIpc) is 2.94. The molecule has 134 valence electrons. The van der Waals surface area contributed by atoms with Crippen LogP contribution in [-0.2, 0) is 11.2 Å². The molecule has 2 rings (SSSR count). The van der Waals surface area contributed by atoms with Gasteiger partial charge in [-0.25, -0.2) is 4.79 Å². The third-order valence-electron chi connectivity index (χ3n) is 3.98. The summed E-state index contributed by atoms with van der Waals surface area (Å²) in [5.74, 6) is -0.131. The first kappa shape index (κ1) is 18.7. The third-order valence-corrected chi connectivity index (χ3v) is 4.91. The van der Waals surface area contributed by atoms with E-state index in [0.29, 0.717) is 12.2 Å². The van der Waals surface area contributed by atoms with Crippen molar-refractivity contribution in [2.24, 2.45) is 0 Å². The van der Waals surface area contributed by atoms with E-state index in [1.807, 2.05) is 40.7 Å². The number of nitrogens with zero attached hydrogens (tertiary/aromatic N) is 2. The van der Waals surface area contributed by atoms with Gasteiger partial charge in [-0.1, -0.05) is 6.92 Å². The van der Waals surface area contributed by atoms with E-state index in [9.17, 15) is 9.59 Å². The lowest BCUT2D eigenvalue weighted by atomic mass is 9.98. The van der Waals surface area contributed by atoms with Crippen molar-refractivity contribution in [1.82, 2.24) is 14.6 Å². The maximum absolute atomic E-state index is 12.3. The molecule has 7 heteroatoms.